The molecular formula is C17H24N4S. The van der Waals surface area contributed by atoms with Gasteiger partial charge in [-0.15, -0.1) is 11.3 Å². The molecule has 1 atom stereocenters. The van der Waals surface area contributed by atoms with E-state index in [1.54, 1.807) is 11.3 Å². The van der Waals surface area contributed by atoms with Gasteiger partial charge in [0.05, 0.1) is 21.8 Å². The zero-order valence-corrected chi connectivity index (χ0v) is 14.4. The number of nitrogens with zero attached hydrogens (tertiary/aromatic N) is 4. The summed E-state index contributed by atoms with van der Waals surface area (Å²) in [5.41, 5.74) is 2.05. The molecular weight excluding hydrogens is 292 g/mol. The maximum atomic E-state index is 4.61. The van der Waals surface area contributed by atoms with Crippen molar-refractivity contribution in [2.24, 2.45) is 11.8 Å². The summed E-state index contributed by atoms with van der Waals surface area (Å²) in [6.07, 6.45) is 9.12. The molecule has 0 aromatic carbocycles. The highest BCUT2D eigenvalue weighted by molar-refractivity contribution is 7.15. The van der Waals surface area contributed by atoms with Crippen LogP contribution in [0.4, 0.5) is 0 Å². The van der Waals surface area contributed by atoms with Crippen molar-refractivity contribution in [2.75, 3.05) is 20.1 Å². The molecule has 2 aromatic heterocycles. The van der Waals surface area contributed by atoms with Gasteiger partial charge in [0.25, 0.3) is 0 Å². The topological polar surface area (TPSA) is 41.9 Å². The van der Waals surface area contributed by atoms with Crippen molar-refractivity contribution in [3.63, 3.8) is 0 Å². The number of hydrogen-bond donors (Lipinski definition) is 0. The van der Waals surface area contributed by atoms with Gasteiger partial charge in [-0.3, -0.25) is 9.97 Å². The molecule has 2 aromatic rings. The summed E-state index contributed by atoms with van der Waals surface area (Å²) in [7, 11) is 2.19. The molecule has 0 spiro atoms. The first-order valence-corrected chi connectivity index (χ1v) is 8.86. The van der Waals surface area contributed by atoms with Crippen molar-refractivity contribution >= 4 is 11.3 Å². The summed E-state index contributed by atoms with van der Waals surface area (Å²) >= 11 is 1.73. The van der Waals surface area contributed by atoms with Crippen molar-refractivity contribution in [1.29, 1.82) is 0 Å². The molecule has 1 aliphatic heterocycles. The Morgan fingerprint density at radius 1 is 1.23 bits per heavy atom. The highest BCUT2D eigenvalue weighted by Crippen LogP contribution is 2.26. The zero-order valence-electron chi connectivity index (χ0n) is 13.6. The maximum absolute atomic E-state index is 4.61. The highest BCUT2D eigenvalue weighted by Gasteiger charge is 2.20. The van der Waals surface area contributed by atoms with Gasteiger partial charge in [0.2, 0.25) is 0 Å². The first-order valence-electron chi connectivity index (χ1n) is 8.04. The van der Waals surface area contributed by atoms with E-state index in [0.29, 0.717) is 5.92 Å². The molecule has 0 aliphatic carbocycles. The van der Waals surface area contributed by atoms with Crippen molar-refractivity contribution in [2.45, 2.75) is 33.1 Å². The fourth-order valence-corrected chi connectivity index (χ4v) is 4.04. The Hall–Kier alpha value is -1.33. The molecule has 0 amide bonds. The van der Waals surface area contributed by atoms with Crippen LogP contribution in [0.1, 0.15) is 31.0 Å². The molecule has 4 nitrogen and oxygen atoms in total. The number of likely N-dealkylation sites (tertiary alicyclic amines) is 1. The van der Waals surface area contributed by atoms with Crippen LogP contribution in [0.25, 0.3) is 10.6 Å². The fourth-order valence-electron chi connectivity index (χ4n) is 2.95. The molecule has 118 valence electrons. The molecule has 1 saturated heterocycles. The lowest BCUT2D eigenvalue weighted by atomic mass is 10.0. The van der Waals surface area contributed by atoms with Crippen LogP contribution in [0, 0.1) is 11.8 Å². The van der Waals surface area contributed by atoms with Crippen LogP contribution >= 0.6 is 11.3 Å². The molecule has 3 heterocycles. The van der Waals surface area contributed by atoms with Crippen LogP contribution in [0.15, 0.2) is 18.6 Å². The summed E-state index contributed by atoms with van der Waals surface area (Å²) in [6.45, 7) is 6.82. The van der Waals surface area contributed by atoms with Gasteiger partial charge in [0, 0.05) is 25.4 Å². The van der Waals surface area contributed by atoms with Crippen LogP contribution in [0.2, 0.25) is 0 Å². The molecule has 1 aliphatic rings. The predicted octanol–water partition coefficient (Wildman–Crippen LogP) is 3.29. The van der Waals surface area contributed by atoms with Gasteiger partial charge in [-0.05, 0) is 38.3 Å². The van der Waals surface area contributed by atoms with Crippen molar-refractivity contribution in [3.05, 3.63) is 29.3 Å². The molecule has 0 N–H and O–H groups in total. The van der Waals surface area contributed by atoms with Gasteiger partial charge in [0.1, 0.15) is 5.69 Å². The first-order chi connectivity index (χ1) is 10.6. The molecule has 1 fully saturated rings. The van der Waals surface area contributed by atoms with E-state index in [0.717, 1.165) is 35.0 Å². The van der Waals surface area contributed by atoms with Gasteiger partial charge in [-0.2, -0.15) is 0 Å². The SMILES string of the molecule is CC(C)Cc1ncc(-c2cnc(C[C@H]3CCN(C)C3)cn2)s1. The van der Waals surface area contributed by atoms with Gasteiger partial charge in [-0.25, -0.2) is 4.98 Å². The van der Waals surface area contributed by atoms with Crippen LogP contribution in [-0.2, 0) is 12.8 Å². The monoisotopic (exact) mass is 316 g/mol. The Morgan fingerprint density at radius 3 is 2.73 bits per heavy atom. The smallest absolute Gasteiger partial charge is 0.100 e. The van der Waals surface area contributed by atoms with Gasteiger partial charge >= 0.3 is 0 Å². The Kier molecular flexibility index (Phi) is 4.84. The largest absolute Gasteiger partial charge is 0.306 e. The predicted molar refractivity (Wildman–Crippen MR) is 91.0 cm³/mol. The number of aromatic nitrogens is 3. The minimum absolute atomic E-state index is 0.636. The van der Waals surface area contributed by atoms with Crippen molar-refractivity contribution in [3.8, 4) is 10.6 Å². The van der Waals surface area contributed by atoms with E-state index in [4.69, 9.17) is 0 Å². The lowest BCUT2D eigenvalue weighted by Crippen LogP contribution is -2.15. The molecule has 0 unspecified atom stereocenters. The van der Waals surface area contributed by atoms with E-state index < -0.39 is 0 Å². The van der Waals surface area contributed by atoms with Gasteiger partial charge in [0.15, 0.2) is 0 Å². The second kappa shape index (κ2) is 6.84. The van der Waals surface area contributed by atoms with Crippen LogP contribution in [0.3, 0.4) is 0 Å². The van der Waals surface area contributed by atoms with Crippen molar-refractivity contribution < 1.29 is 0 Å². The molecule has 22 heavy (non-hydrogen) atoms. The summed E-state index contributed by atoms with van der Waals surface area (Å²) in [6, 6.07) is 0. The minimum Gasteiger partial charge on any atom is -0.306 e. The summed E-state index contributed by atoms with van der Waals surface area (Å²) < 4.78 is 0. The number of thiazole rings is 1. The Morgan fingerprint density at radius 2 is 2.09 bits per heavy atom. The van der Waals surface area contributed by atoms with Crippen LogP contribution < -0.4 is 0 Å². The van der Waals surface area contributed by atoms with Crippen LogP contribution in [-0.4, -0.2) is 40.0 Å². The average molecular weight is 316 g/mol. The normalized spacial score (nSPS) is 19.2. The summed E-state index contributed by atoms with van der Waals surface area (Å²) in [5, 5.41) is 1.19. The van der Waals surface area contributed by atoms with E-state index >= 15 is 0 Å². The minimum atomic E-state index is 0.636. The third kappa shape index (κ3) is 3.90. The Labute approximate surface area is 136 Å². The van der Waals surface area contributed by atoms with Crippen molar-refractivity contribution in [1.82, 2.24) is 19.9 Å². The first kappa shape index (κ1) is 15.6. The number of hydrogen-bond acceptors (Lipinski definition) is 5. The fraction of sp³-hybridized carbons (Fsp3) is 0.588. The lowest BCUT2D eigenvalue weighted by molar-refractivity contribution is 0.393. The van der Waals surface area contributed by atoms with E-state index in [1.807, 2.05) is 18.6 Å². The molecule has 3 rings (SSSR count). The standard InChI is InChI=1S/C17H24N4S/c1-12(2)6-17-20-10-16(22-17)15-9-18-14(8-19-15)7-13-4-5-21(3)11-13/h8-10,12-13H,4-7,11H2,1-3H3/t13-/m1/s1. The molecule has 5 heteroatoms. The zero-order chi connectivity index (χ0) is 15.5. The summed E-state index contributed by atoms with van der Waals surface area (Å²) in [5.74, 6) is 1.36. The third-order valence-corrected chi connectivity index (χ3v) is 5.12. The van der Waals surface area contributed by atoms with E-state index in [2.05, 4.69) is 40.7 Å². The Balaban J connectivity index is 1.64. The Bertz CT molecular complexity index is 605. The number of rotatable bonds is 5. The molecule has 0 saturated carbocycles. The van der Waals surface area contributed by atoms with E-state index in [9.17, 15) is 0 Å². The van der Waals surface area contributed by atoms with E-state index in [-0.39, 0.29) is 0 Å². The van der Waals surface area contributed by atoms with E-state index in [1.165, 1.54) is 24.5 Å². The third-order valence-electron chi connectivity index (χ3n) is 4.08. The quantitative estimate of drug-likeness (QED) is 0.849. The molecule has 0 radical (unpaired) electrons. The highest BCUT2D eigenvalue weighted by atomic mass is 32.1. The maximum Gasteiger partial charge on any atom is 0.100 e. The lowest BCUT2D eigenvalue weighted by Gasteiger charge is -2.09. The second-order valence-corrected chi connectivity index (χ2v) is 7.85. The average Bonchev–Trinajstić information content (AvgIpc) is 3.09. The van der Waals surface area contributed by atoms with Gasteiger partial charge < -0.3 is 4.90 Å². The second-order valence-electron chi connectivity index (χ2n) is 6.73. The summed E-state index contributed by atoms with van der Waals surface area (Å²) in [4.78, 5) is 17.2. The van der Waals surface area contributed by atoms with Crippen LogP contribution in [0.5, 0.6) is 0 Å². The van der Waals surface area contributed by atoms with Gasteiger partial charge in [-0.1, -0.05) is 13.8 Å². The molecule has 0 bridgehead atoms.